The number of amides is 1. The van der Waals surface area contributed by atoms with Gasteiger partial charge >= 0.3 is 6.09 Å². The van der Waals surface area contributed by atoms with Crippen LogP contribution in [-0.4, -0.2) is 26.6 Å². The maximum Gasteiger partial charge on any atom is 0.407 e. The van der Waals surface area contributed by atoms with Crippen LogP contribution in [-0.2, 0) is 11.3 Å². The van der Waals surface area contributed by atoms with Crippen molar-refractivity contribution in [1.29, 1.82) is 0 Å². The largest absolute Gasteiger partial charge is 0.455 e. The molecule has 2 aromatic carbocycles. The van der Waals surface area contributed by atoms with Gasteiger partial charge < -0.3 is 25.8 Å². The topological polar surface area (TPSA) is 124 Å². The number of anilines is 3. The molecule has 0 saturated carbocycles. The molecule has 0 bridgehead atoms. The number of aryl methyl sites for hydroxylation is 2. The lowest BCUT2D eigenvalue weighted by Crippen LogP contribution is -2.40. The first-order chi connectivity index (χ1) is 19.1. The van der Waals surface area contributed by atoms with Crippen LogP contribution in [0.15, 0.2) is 67.1 Å². The van der Waals surface area contributed by atoms with Crippen LogP contribution in [0.1, 0.15) is 48.8 Å². The Morgan fingerprint density at radius 2 is 1.82 bits per heavy atom. The zero-order chi connectivity index (χ0) is 28.7. The van der Waals surface area contributed by atoms with Crippen molar-refractivity contribution >= 4 is 23.3 Å². The van der Waals surface area contributed by atoms with E-state index >= 15 is 0 Å². The van der Waals surface area contributed by atoms with Crippen LogP contribution in [0.25, 0.3) is 0 Å². The molecule has 0 spiro atoms. The number of rotatable bonds is 6. The minimum absolute atomic E-state index is 0.131. The highest BCUT2D eigenvalue weighted by molar-refractivity contribution is 5.73. The highest BCUT2D eigenvalue weighted by Gasteiger charge is 2.14. The molecule has 0 aliphatic heterocycles. The fourth-order valence-electron chi connectivity index (χ4n) is 3.58. The van der Waals surface area contributed by atoms with Gasteiger partial charge in [0.25, 0.3) is 0 Å². The lowest BCUT2D eigenvalue weighted by atomic mass is 10.1. The molecule has 0 radical (unpaired) electrons. The van der Waals surface area contributed by atoms with Gasteiger partial charge in [0.05, 0.1) is 6.20 Å². The average Bonchev–Trinajstić information content (AvgIpc) is 2.90. The Kier molecular flexibility index (Phi) is 8.50. The second kappa shape index (κ2) is 12.2. The highest BCUT2D eigenvalue weighted by Crippen LogP contribution is 2.29. The molecule has 9 nitrogen and oxygen atoms in total. The zero-order valence-corrected chi connectivity index (χ0v) is 23.2. The summed E-state index contributed by atoms with van der Waals surface area (Å²) in [7, 11) is 0. The summed E-state index contributed by atoms with van der Waals surface area (Å²) in [6.07, 6.45) is 2.63. The molecule has 2 heterocycles. The molecule has 40 heavy (non-hydrogen) atoms. The third-order valence-corrected chi connectivity index (χ3v) is 5.53. The van der Waals surface area contributed by atoms with Crippen molar-refractivity contribution in [3.05, 3.63) is 95.2 Å². The fourth-order valence-corrected chi connectivity index (χ4v) is 3.58. The molecule has 0 aliphatic carbocycles. The van der Waals surface area contributed by atoms with Crippen molar-refractivity contribution in [2.24, 2.45) is 0 Å². The molecular formula is C31H32N6O3. The van der Waals surface area contributed by atoms with Crippen LogP contribution < -0.4 is 21.1 Å². The molecule has 0 saturated heterocycles. The van der Waals surface area contributed by atoms with Gasteiger partial charge in [0.2, 0.25) is 0 Å². The number of carbonyl (C=O) groups is 1. The predicted octanol–water partition coefficient (Wildman–Crippen LogP) is 6.03. The number of carbonyl (C=O) groups excluding carboxylic acids is 1. The predicted molar refractivity (Wildman–Crippen MR) is 155 cm³/mol. The molecule has 4 N–H and O–H groups in total. The average molecular weight is 537 g/mol. The van der Waals surface area contributed by atoms with Crippen molar-refractivity contribution in [3.8, 4) is 23.3 Å². The van der Waals surface area contributed by atoms with E-state index in [4.69, 9.17) is 15.2 Å². The third kappa shape index (κ3) is 7.95. The molecule has 2 aromatic heterocycles. The van der Waals surface area contributed by atoms with Crippen LogP contribution >= 0.6 is 0 Å². The number of hydrogen-bond acceptors (Lipinski definition) is 8. The number of alkyl carbamates (subject to hydrolysis) is 1. The summed E-state index contributed by atoms with van der Waals surface area (Å²) in [6.45, 7) is 9.69. The normalized spacial score (nSPS) is 10.7. The van der Waals surface area contributed by atoms with Crippen molar-refractivity contribution in [2.45, 2.75) is 46.8 Å². The molecular weight excluding hydrogens is 504 g/mol. The number of benzene rings is 2. The van der Waals surface area contributed by atoms with Gasteiger partial charge in [0.15, 0.2) is 5.82 Å². The smallest absolute Gasteiger partial charge is 0.407 e. The monoisotopic (exact) mass is 536 g/mol. The van der Waals surface area contributed by atoms with E-state index in [0.29, 0.717) is 22.9 Å². The minimum Gasteiger partial charge on any atom is -0.455 e. The molecule has 9 heteroatoms. The van der Waals surface area contributed by atoms with Gasteiger partial charge in [-0.25, -0.2) is 14.8 Å². The number of aromatic nitrogens is 3. The number of hydrogen-bond donors (Lipinski definition) is 3. The first kappa shape index (κ1) is 27.9. The first-order valence-corrected chi connectivity index (χ1v) is 12.7. The van der Waals surface area contributed by atoms with E-state index in [1.54, 1.807) is 6.20 Å². The summed E-state index contributed by atoms with van der Waals surface area (Å²) in [5.74, 6) is 7.93. The number of ether oxygens (including phenoxy) is 2. The summed E-state index contributed by atoms with van der Waals surface area (Å²) < 4.78 is 11.3. The van der Waals surface area contributed by atoms with Crippen LogP contribution in [0.5, 0.6) is 11.5 Å². The molecule has 0 aliphatic rings. The van der Waals surface area contributed by atoms with Gasteiger partial charge in [-0.1, -0.05) is 18.1 Å². The Labute approximate surface area is 234 Å². The molecule has 204 valence electrons. The van der Waals surface area contributed by atoms with E-state index in [2.05, 4.69) is 37.4 Å². The van der Waals surface area contributed by atoms with E-state index in [1.165, 1.54) is 6.33 Å². The number of pyridine rings is 1. The van der Waals surface area contributed by atoms with E-state index < -0.39 is 6.09 Å². The molecule has 1 amide bonds. The van der Waals surface area contributed by atoms with Gasteiger partial charge in [-0.3, -0.25) is 4.98 Å². The summed E-state index contributed by atoms with van der Waals surface area (Å²) >= 11 is 0. The van der Waals surface area contributed by atoms with E-state index in [0.717, 1.165) is 33.8 Å². The number of nitrogen functional groups attached to an aromatic ring is 1. The standard InChI is InChI=1S/C31H32N6O3/c1-20-15-24(11-14-27(20)40-25-12-9-21(2)33-17-25)36-29-28(32)26(34-19-35-29)13-10-22-7-6-8-23(16-22)18-39-30(38)37-31(3,4)5/h6-9,11-12,14-17,19H,18,32H2,1-5H3,(H,37,38)(H,34,35,36). The quantitative estimate of drug-likeness (QED) is 0.255. The second-order valence-corrected chi connectivity index (χ2v) is 10.2. The van der Waals surface area contributed by atoms with E-state index in [1.807, 2.05) is 89.2 Å². The number of nitrogens with one attached hydrogen (secondary N) is 2. The Hall–Kier alpha value is -5.10. The molecule has 4 rings (SSSR count). The first-order valence-electron chi connectivity index (χ1n) is 12.7. The van der Waals surface area contributed by atoms with Crippen molar-refractivity contribution in [3.63, 3.8) is 0 Å². The molecule has 0 unspecified atom stereocenters. The summed E-state index contributed by atoms with van der Waals surface area (Å²) in [5, 5.41) is 6.00. The van der Waals surface area contributed by atoms with E-state index in [-0.39, 0.29) is 12.1 Å². The number of nitrogens with zero attached hydrogens (tertiary/aromatic N) is 3. The Balaban J connectivity index is 1.43. The van der Waals surface area contributed by atoms with Gasteiger partial charge in [0, 0.05) is 22.5 Å². The van der Waals surface area contributed by atoms with Crippen LogP contribution in [0.3, 0.4) is 0 Å². The van der Waals surface area contributed by atoms with Gasteiger partial charge in [-0.15, -0.1) is 0 Å². The highest BCUT2D eigenvalue weighted by atomic mass is 16.5. The van der Waals surface area contributed by atoms with E-state index in [9.17, 15) is 4.79 Å². The maximum absolute atomic E-state index is 11.9. The van der Waals surface area contributed by atoms with Crippen LogP contribution in [0, 0.1) is 25.7 Å². The molecule has 4 aromatic rings. The molecule has 0 fully saturated rings. The SMILES string of the molecule is Cc1ccc(Oc2ccc(Nc3ncnc(C#Cc4cccc(COC(=O)NC(C)(C)C)c4)c3N)cc2C)cn1. The fraction of sp³-hybridized carbons (Fsp3) is 0.226. The van der Waals surface area contributed by atoms with Crippen molar-refractivity contribution in [1.82, 2.24) is 20.3 Å². The van der Waals surface area contributed by atoms with Gasteiger partial charge in [-0.2, -0.15) is 0 Å². The Bertz CT molecular complexity index is 1570. The zero-order valence-electron chi connectivity index (χ0n) is 23.2. The third-order valence-electron chi connectivity index (χ3n) is 5.53. The van der Waals surface area contributed by atoms with Gasteiger partial charge in [-0.05, 0) is 94.1 Å². The lowest BCUT2D eigenvalue weighted by molar-refractivity contribution is 0.131. The maximum atomic E-state index is 11.9. The summed E-state index contributed by atoms with van der Waals surface area (Å²) in [5.41, 5.74) is 10.9. The lowest BCUT2D eigenvalue weighted by Gasteiger charge is -2.19. The minimum atomic E-state index is -0.473. The van der Waals surface area contributed by atoms with Crippen molar-refractivity contribution in [2.75, 3.05) is 11.1 Å². The van der Waals surface area contributed by atoms with Gasteiger partial charge in [0.1, 0.15) is 35.8 Å². The molecule has 0 atom stereocenters. The summed E-state index contributed by atoms with van der Waals surface area (Å²) in [6, 6.07) is 16.9. The van der Waals surface area contributed by atoms with Crippen LogP contribution in [0.4, 0.5) is 22.0 Å². The van der Waals surface area contributed by atoms with Crippen molar-refractivity contribution < 1.29 is 14.3 Å². The Morgan fingerprint density at radius 3 is 2.55 bits per heavy atom. The second-order valence-electron chi connectivity index (χ2n) is 10.2. The number of nitrogens with two attached hydrogens (primary N) is 1. The van der Waals surface area contributed by atoms with Crippen LogP contribution in [0.2, 0.25) is 0 Å². The summed E-state index contributed by atoms with van der Waals surface area (Å²) in [4.78, 5) is 24.7. The Morgan fingerprint density at radius 1 is 1.00 bits per heavy atom.